The summed E-state index contributed by atoms with van der Waals surface area (Å²) in [6.07, 6.45) is 8.09. The molecule has 0 radical (unpaired) electrons. The predicted octanol–water partition coefficient (Wildman–Crippen LogP) is 3.19. The van der Waals surface area contributed by atoms with Crippen molar-refractivity contribution in [1.29, 1.82) is 0 Å². The zero-order valence-corrected chi connectivity index (χ0v) is 11.9. The van der Waals surface area contributed by atoms with Crippen LogP contribution in [-0.4, -0.2) is 31.1 Å². The maximum Gasteiger partial charge on any atom is 0.122 e. The lowest BCUT2D eigenvalue weighted by Gasteiger charge is -2.42. The van der Waals surface area contributed by atoms with Crippen LogP contribution in [0.3, 0.4) is 0 Å². The maximum atomic E-state index is 5.69. The van der Waals surface area contributed by atoms with Gasteiger partial charge in [0, 0.05) is 5.54 Å². The summed E-state index contributed by atoms with van der Waals surface area (Å²) in [5.41, 5.74) is 0.215. The van der Waals surface area contributed by atoms with E-state index in [1.165, 1.54) is 25.7 Å². The Morgan fingerprint density at radius 1 is 1.39 bits per heavy atom. The first-order valence-corrected chi connectivity index (χ1v) is 7.15. The highest BCUT2D eigenvalue weighted by Gasteiger charge is 2.44. The molecule has 1 heterocycles. The van der Waals surface area contributed by atoms with Crippen LogP contribution < -0.4 is 5.32 Å². The van der Waals surface area contributed by atoms with Crippen molar-refractivity contribution in [2.24, 2.45) is 0 Å². The molecule has 0 aliphatic heterocycles. The summed E-state index contributed by atoms with van der Waals surface area (Å²) in [5, 5.41) is 3.70. The Bertz CT molecular complexity index is 339. The van der Waals surface area contributed by atoms with E-state index in [1.54, 1.807) is 6.26 Å². The van der Waals surface area contributed by atoms with Crippen molar-refractivity contribution in [2.45, 2.75) is 50.6 Å². The first-order valence-electron chi connectivity index (χ1n) is 7.15. The molecule has 1 aliphatic carbocycles. The van der Waals surface area contributed by atoms with Crippen LogP contribution in [0, 0.1) is 0 Å². The van der Waals surface area contributed by atoms with Gasteiger partial charge in [-0.3, -0.25) is 0 Å². The number of nitrogens with zero attached hydrogens (tertiary/aromatic N) is 1. The molecule has 0 amide bonds. The smallest absolute Gasteiger partial charge is 0.122 e. The van der Waals surface area contributed by atoms with E-state index < -0.39 is 0 Å². The van der Waals surface area contributed by atoms with Gasteiger partial charge in [0.1, 0.15) is 5.76 Å². The van der Waals surface area contributed by atoms with Crippen molar-refractivity contribution in [3.63, 3.8) is 0 Å². The quantitative estimate of drug-likeness (QED) is 0.840. The van der Waals surface area contributed by atoms with Gasteiger partial charge in [-0.15, -0.1) is 0 Å². The third-order valence-electron chi connectivity index (χ3n) is 4.32. The minimum atomic E-state index is 0.215. The average Bonchev–Trinajstić information content (AvgIpc) is 3.00. The third kappa shape index (κ3) is 2.47. The van der Waals surface area contributed by atoms with Gasteiger partial charge in [-0.05, 0) is 52.0 Å². The molecular formula is C15H26N2O. The van der Waals surface area contributed by atoms with E-state index in [4.69, 9.17) is 4.42 Å². The van der Waals surface area contributed by atoms with Gasteiger partial charge < -0.3 is 14.6 Å². The van der Waals surface area contributed by atoms with Crippen molar-refractivity contribution in [1.82, 2.24) is 10.2 Å². The molecule has 1 aromatic heterocycles. The Morgan fingerprint density at radius 3 is 2.61 bits per heavy atom. The molecular weight excluding hydrogens is 224 g/mol. The lowest BCUT2D eigenvalue weighted by molar-refractivity contribution is 0.0932. The molecule has 3 heteroatoms. The zero-order valence-electron chi connectivity index (χ0n) is 11.9. The monoisotopic (exact) mass is 250 g/mol. The summed E-state index contributed by atoms with van der Waals surface area (Å²) in [7, 11) is 4.41. The van der Waals surface area contributed by atoms with E-state index in [9.17, 15) is 0 Å². The van der Waals surface area contributed by atoms with Crippen LogP contribution in [0.1, 0.15) is 50.8 Å². The summed E-state index contributed by atoms with van der Waals surface area (Å²) in [4.78, 5) is 2.40. The summed E-state index contributed by atoms with van der Waals surface area (Å²) >= 11 is 0. The molecule has 1 unspecified atom stereocenters. The summed E-state index contributed by atoms with van der Waals surface area (Å²) in [6, 6.07) is 4.41. The normalized spacial score (nSPS) is 20.4. The number of furan rings is 1. The van der Waals surface area contributed by atoms with E-state index in [2.05, 4.69) is 37.3 Å². The first kappa shape index (κ1) is 13.6. The Kier molecular flexibility index (Phi) is 4.46. The van der Waals surface area contributed by atoms with Crippen molar-refractivity contribution in [3.05, 3.63) is 24.2 Å². The minimum Gasteiger partial charge on any atom is -0.468 e. The molecule has 0 spiro atoms. The topological polar surface area (TPSA) is 28.4 Å². The lowest BCUT2D eigenvalue weighted by Crippen LogP contribution is -2.52. The molecule has 2 rings (SSSR count). The second kappa shape index (κ2) is 5.89. The van der Waals surface area contributed by atoms with Crippen molar-refractivity contribution < 1.29 is 4.42 Å². The van der Waals surface area contributed by atoms with Gasteiger partial charge in [0.25, 0.3) is 0 Å². The maximum absolute atomic E-state index is 5.69. The molecule has 1 saturated carbocycles. The number of hydrogen-bond acceptors (Lipinski definition) is 3. The Morgan fingerprint density at radius 2 is 2.11 bits per heavy atom. The zero-order chi connectivity index (χ0) is 13.0. The van der Waals surface area contributed by atoms with Gasteiger partial charge in [0.2, 0.25) is 0 Å². The standard InChI is InChI=1S/C15H26N2O/c1-4-11-16-14(13-8-7-12-18-13)15(17(2)3)9-5-6-10-15/h7-8,12,14,16H,4-6,9-11H2,1-3H3. The molecule has 18 heavy (non-hydrogen) atoms. The fourth-order valence-electron chi connectivity index (χ4n) is 3.28. The van der Waals surface area contributed by atoms with Crippen LogP contribution >= 0.6 is 0 Å². The fourth-order valence-corrected chi connectivity index (χ4v) is 3.28. The van der Waals surface area contributed by atoms with Crippen molar-refractivity contribution in [3.8, 4) is 0 Å². The minimum absolute atomic E-state index is 0.215. The average molecular weight is 250 g/mol. The highest BCUT2D eigenvalue weighted by Crippen LogP contribution is 2.43. The molecule has 3 nitrogen and oxygen atoms in total. The SMILES string of the molecule is CCCNC(c1ccco1)C1(N(C)C)CCCC1. The lowest BCUT2D eigenvalue weighted by atomic mass is 9.85. The molecule has 1 aromatic rings. The van der Waals surface area contributed by atoms with E-state index in [-0.39, 0.29) is 5.54 Å². The second-order valence-corrected chi connectivity index (χ2v) is 5.61. The van der Waals surface area contributed by atoms with E-state index in [0.29, 0.717) is 6.04 Å². The number of nitrogens with one attached hydrogen (secondary N) is 1. The molecule has 1 N–H and O–H groups in total. The summed E-state index contributed by atoms with van der Waals surface area (Å²) in [5.74, 6) is 1.08. The predicted molar refractivity (Wildman–Crippen MR) is 74.6 cm³/mol. The van der Waals surface area contributed by atoms with Gasteiger partial charge in [-0.25, -0.2) is 0 Å². The highest BCUT2D eigenvalue weighted by molar-refractivity contribution is 5.15. The summed E-state index contributed by atoms with van der Waals surface area (Å²) < 4.78 is 5.69. The fraction of sp³-hybridized carbons (Fsp3) is 0.733. The summed E-state index contributed by atoms with van der Waals surface area (Å²) in [6.45, 7) is 3.25. The third-order valence-corrected chi connectivity index (χ3v) is 4.32. The first-order chi connectivity index (χ1) is 8.70. The number of rotatable bonds is 6. The molecule has 0 saturated heterocycles. The van der Waals surface area contributed by atoms with E-state index in [1.807, 2.05) is 6.07 Å². The van der Waals surface area contributed by atoms with E-state index >= 15 is 0 Å². The van der Waals surface area contributed by atoms with Crippen LogP contribution in [0.25, 0.3) is 0 Å². The molecule has 0 bridgehead atoms. The molecule has 0 aromatic carbocycles. The molecule has 102 valence electrons. The van der Waals surface area contributed by atoms with Crippen LogP contribution in [0.5, 0.6) is 0 Å². The van der Waals surface area contributed by atoms with Gasteiger partial charge >= 0.3 is 0 Å². The van der Waals surface area contributed by atoms with Crippen molar-refractivity contribution in [2.75, 3.05) is 20.6 Å². The number of hydrogen-bond donors (Lipinski definition) is 1. The van der Waals surface area contributed by atoms with Gasteiger partial charge in [0.15, 0.2) is 0 Å². The molecule has 1 aliphatic rings. The van der Waals surface area contributed by atoms with Gasteiger partial charge in [0.05, 0.1) is 12.3 Å². The Hall–Kier alpha value is -0.800. The number of likely N-dealkylation sites (N-methyl/N-ethyl adjacent to an activating group) is 1. The second-order valence-electron chi connectivity index (χ2n) is 5.61. The molecule has 1 atom stereocenters. The Labute approximate surface area is 111 Å². The highest BCUT2D eigenvalue weighted by atomic mass is 16.3. The van der Waals surface area contributed by atoms with E-state index in [0.717, 1.165) is 18.7 Å². The van der Waals surface area contributed by atoms with Crippen molar-refractivity contribution >= 4 is 0 Å². The Balaban J connectivity index is 2.26. The van der Waals surface area contributed by atoms with Crippen LogP contribution in [0.2, 0.25) is 0 Å². The van der Waals surface area contributed by atoms with Gasteiger partial charge in [-0.1, -0.05) is 19.8 Å². The molecule has 1 fully saturated rings. The van der Waals surface area contributed by atoms with Crippen LogP contribution in [0.15, 0.2) is 22.8 Å². The van der Waals surface area contributed by atoms with Crippen LogP contribution in [0.4, 0.5) is 0 Å². The van der Waals surface area contributed by atoms with Crippen LogP contribution in [-0.2, 0) is 0 Å². The van der Waals surface area contributed by atoms with Gasteiger partial charge in [-0.2, -0.15) is 0 Å². The largest absolute Gasteiger partial charge is 0.468 e.